The molecule has 0 aromatic carbocycles. The highest BCUT2D eigenvalue weighted by molar-refractivity contribution is 5.75. The minimum absolute atomic E-state index is 0.113. The Morgan fingerprint density at radius 3 is 2.12 bits per heavy atom. The average molecular weight is 245 g/mol. The van der Waals surface area contributed by atoms with Crippen molar-refractivity contribution in [3.8, 4) is 0 Å². The molecule has 0 heterocycles. The smallest absolute Gasteiger partial charge is 0.310 e. The predicted molar refractivity (Wildman–Crippen MR) is 64.2 cm³/mol. The largest absolute Gasteiger partial charge is 0.466 e. The van der Waals surface area contributed by atoms with Gasteiger partial charge in [0.25, 0.3) is 0 Å². The van der Waals surface area contributed by atoms with Crippen LogP contribution in [0.3, 0.4) is 0 Å². The van der Waals surface area contributed by atoms with Crippen LogP contribution in [0.2, 0.25) is 0 Å². The van der Waals surface area contributed by atoms with E-state index in [-0.39, 0.29) is 30.8 Å². The molecule has 0 aromatic heterocycles. The zero-order chi connectivity index (χ0) is 13.3. The van der Waals surface area contributed by atoms with Crippen LogP contribution in [-0.4, -0.2) is 31.7 Å². The summed E-state index contributed by atoms with van der Waals surface area (Å²) in [6.45, 7) is 6.29. The van der Waals surface area contributed by atoms with Gasteiger partial charge in [0.05, 0.1) is 19.1 Å². The second kappa shape index (κ2) is 8.98. The van der Waals surface area contributed by atoms with Crippen molar-refractivity contribution in [2.75, 3.05) is 19.8 Å². The number of rotatable bonds is 8. The van der Waals surface area contributed by atoms with Gasteiger partial charge in [-0.15, -0.1) is 0 Å². The normalized spacial score (nSPS) is 13.9. The summed E-state index contributed by atoms with van der Waals surface area (Å²) in [6.07, 6.45) is 0.907. The molecule has 0 aliphatic rings. The highest BCUT2D eigenvalue weighted by Gasteiger charge is 2.29. The molecule has 0 fully saturated rings. The van der Waals surface area contributed by atoms with Gasteiger partial charge in [0.15, 0.2) is 0 Å². The zero-order valence-electron chi connectivity index (χ0n) is 10.9. The standard InChI is InChI=1S/C12H23NO4/c1-4-9(7-11(14)16-5-2)10(8-13)12(15)17-6-3/h9-10H,4-8,13H2,1-3H3. The Balaban J connectivity index is 4.47. The first-order valence-corrected chi connectivity index (χ1v) is 6.12. The number of nitrogens with two attached hydrogens (primary N) is 1. The number of hydrogen-bond donors (Lipinski definition) is 1. The van der Waals surface area contributed by atoms with E-state index in [9.17, 15) is 9.59 Å². The van der Waals surface area contributed by atoms with Crippen LogP contribution >= 0.6 is 0 Å². The molecule has 100 valence electrons. The molecule has 0 bridgehead atoms. The van der Waals surface area contributed by atoms with E-state index in [1.807, 2.05) is 6.92 Å². The van der Waals surface area contributed by atoms with Crippen LogP contribution in [0.15, 0.2) is 0 Å². The quantitative estimate of drug-likeness (QED) is 0.648. The van der Waals surface area contributed by atoms with Gasteiger partial charge in [0.2, 0.25) is 0 Å². The van der Waals surface area contributed by atoms with Gasteiger partial charge in [0, 0.05) is 13.0 Å². The van der Waals surface area contributed by atoms with Gasteiger partial charge < -0.3 is 15.2 Å². The van der Waals surface area contributed by atoms with Crippen LogP contribution in [0.5, 0.6) is 0 Å². The molecule has 0 saturated heterocycles. The maximum atomic E-state index is 11.7. The van der Waals surface area contributed by atoms with Gasteiger partial charge in [-0.3, -0.25) is 9.59 Å². The topological polar surface area (TPSA) is 78.6 Å². The monoisotopic (exact) mass is 245 g/mol. The molecular formula is C12H23NO4. The van der Waals surface area contributed by atoms with Crippen molar-refractivity contribution in [1.82, 2.24) is 0 Å². The molecule has 2 atom stereocenters. The van der Waals surface area contributed by atoms with E-state index in [1.165, 1.54) is 0 Å². The molecular weight excluding hydrogens is 222 g/mol. The van der Waals surface area contributed by atoms with E-state index < -0.39 is 5.92 Å². The van der Waals surface area contributed by atoms with Gasteiger partial charge >= 0.3 is 11.9 Å². The lowest BCUT2D eigenvalue weighted by molar-refractivity contribution is -0.151. The number of esters is 2. The summed E-state index contributed by atoms with van der Waals surface area (Å²) >= 11 is 0. The van der Waals surface area contributed by atoms with Crippen molar-refractivity contribution < 1.29 is 19.1 Å². The molecule has 0 rings (SSSR count). The number of hydrogen-bond acceptors (Lipinski definition) is 5. The van der Waals surface area contributed by atoms with Crippen molar-refractivity contribution in [3.63, 3.8) is 0 Å². The van der Waals surface area contributed by atoms with Crippen molar-refractivity contribution in [3.05, 3.63) is 0 Å². The molecule has 0 aliphatic carbocycles. The zero-order valence-corrected chi connectivity index (χ0v) is 10.9. The Bertz CT molecular complexity index is 243. The Morgan fingerprint density at radius 2 is 1.71 bits per heavy atom. The predicted octanol–water partition coefficient (Wildman–Crippen LogP) is 1.10. The highest BCUT2D eigenvalue weighted by Crippen LogP contribution is 2.21. The lowest BCUT2D eigenvalue weighted by atomic mass is 9.87. The molecule has 17 heavy (non-hydrogen) atoms. The van der Waals surface area contributed by atoms with Crippen LogP contribution in [0, 0.1) is 11.8 Å². The fourth-order valence-electron chi connectivity index (χ4n) is 1.74. The summed E-state index contributed by atoms with van der Waals surface area (Å²) in [5.74, 6) is -1.16. The number of ether oxygens (including phenoxy) is 2. The van der Waals surface area contributed by atoms with Crippen molar-refractivity contribution in [2.45, 2.75) is 33.6 Å². The Hall–Kier alpha value is -1.10. The van der Waals surface area contributed by atoms with Crippen LogP contribution in [-0.2, 0) is 19.1 Å². The van der Waals surface area contributed by atoms with Gasteiger partial charge in [-0.1, -0.05) is 13.3 Å². The van der Waals surface area contributed by atoms with E-state index in [2.05, 4.69) is 0 Å². The lowest BCUT2D eigenvalue weighted by Crippen LogP contribution is -2.33. The third-order valence-electron chi connectivity index (χ3n) is 2.67. The van der Waals surface area contributed by atoms with Gasteiger partial charge in [0.1, 0.15) is 0 Å². The molecule has 5 nitrogen and oxygen atoms in total. The summed E-state index contributed by atoms with van der Waals surface area (Å²) in [4.78, 5) is 23.1. The van der Waals surface area contributed by atoms with Crippen molar-refractivity contribution in [1.29, 1.82) is 0 Å². The molecule has 0 saturated carbocycles. The van der Waals surface area contributed by atoms with Crippen molar-refractivity contribution in [2.24, 2.45) is 17.6 Å². The fraction of sp³-hybridized carbons (Fsp3) is 0.833. The average Bonchev–Trinajstić information content (AvgIpc) is 2.29. The summed E-state index contributed by atoms with van der Waals surface area (Å²) in [5, 5.41) is 0. The summed E-state index contributed by atoms with van der Waals surface area (Å²) < 4.78 is 9.82. The molecule has 0 spiro atoms. The fourth-order valence-corrected chi connectivity index (χ4v) is 1.74. The van der Waals surface area contributed by atoms with Gasteiger partial charge in [-0.25, -0.2) is 0 Å². The molecule has 5 heteroatoms. The summed E-state index contributed by atoms with van der Waals surface area (Å²) in [5.41, 5.74) is 5.58. The van der Waals surface area contributed by atoms with Crippen molar-refractivity contribution >= 4 is 11.9 Å². The SMILES string of the molecule is CCOC(=O)CC(CC)C(CN)C(=O)OCC. The lowest BCUT2D eigenvalue weighted by Gasteiger charge is -2.22. The van der Waals surface area contributed by atoms with Crippen LogP contribution in [0.4, 0.5) is 0 Å². The van der Waals surface area contributed by atoms with Gasteiger partial charge in [-0.2, -0.15) is 0 Å². The summed E-state index contributed by atoms with van der Waals surface area (Å²) in [7, 11) is 0. The second-order valence-corrected chi connectivity index (χ2v) is 3.77. The number of carbonyl (C=O) groups is 2. The van der Waals surface area contributed by atoms with E-state index >= 15 is 0 Å². The Kier molecular flexibility index (Phi) is 8.40. The van der Waals surface area contributed by atoms with Gasteiger partial charge in [-0.05, 0) is 19.8 Å². The van der Waals surface area contributed by atoms with E-state index in [0.717, 1.165) is 0 Å². The third kappa shape index (κ3) is 5.68. The van der Waals surface area contributed by atoms with E-state index in [0.29, 0.717) is 19.6 Å². The Morgan fingerprint density at radius 1 is 1.12 bits per heavy atom. The minimum Gasteiger partial charge on any atom is -0.466 e. The summed E-state index contributed by atoms with van der Waals surface area (Å²) in [6, 6.07) is 0. The van der Waals surface area contributed by atoms with E-state index in [1.54, 1.807) is 13.8 Å². The Labute approximate surface area is 103 Å². The molecule has 0 aromatic rings. The molecule has 0 amide bonds. The molecule has 2 N–H and O–H groups in total. The maximum absolute atomic E-state index is 11.7. The molecule has 0 radical (unpaired) electrons. The van der Waals surface area contributed by atoms with Crippen LogP contribution in [0.25, 0.3) is 0 Å². The van der Waals surface area contributed by atoms with Crippen LogP contribution in [0.1, 0.15) is 33.6 Å². The third-order valence-corrected chi connectivity index (χ3v) is 2.67. The van der Waals surface area contributed by atoms with E-state index in [4.69, 9.17) is 15.2 Å². The highest BCUT2D eigenvalue weighted by atomic mass is 16.5. The second-order valence-electron chi connectivity index (χ2n) is 3.77. The maximum Gasteiger partial charge on any atom is 0.310 e. The van der Waals surface area contributed by atoms with Crippen LogP contribution < -0.4 is 5.73 Å². The first-order chi connectivity index (χ1) is 8.10. The minimum atomic E-state index is -0.427. The molecule has 2 unspecified atom stereocenters. The number of carbonyl (C=O) groups excluding carboxylic acids is 2. The first kappa shape index (κ1) is 15.9. The molecule has 0 aliphatic heterocycles. The first-order valence-electron chi connectivity index (χ1n) is 6.12.